The zero-order valence-corrected chi connectivity index (χ0v) is 10.9. The second-order valence-electron chi connectivity index (χ2n) is 5.28. The number of carbonyl (C=O) groups is 1. The first-order valence-electron chi connectivity index (χ1n) is 6.98. The number of amides is 1. The molecule has 2 aliphatic rings. The Labute approximate surface area is 104 Å². The largest absolute Gasteiger partial charge is 0.338 e. The minimum absolute atomic E-state index is 0.358. The second kappa shape index (κ2) is 6.36. The molecule has 0 bridgehead atoms. The van der Waals surface area contributed by atoms with Gasteiger partial charge in [-0.05, 0) is 52.2 Å². The molecule has 98 valence electrons. The Balaban J connectivity index is 1.76. The van der Waals surface area contributed by atoms with Gasteiger partial charge in [-0.25, -0.2) is 0 Å². The van der Waals surface area contributed by atoms with Gasteiger partial charge in [-0.15, -0.1) is 0 Å². The third-order valence-electron chi connectivity index (χ3n) is 3.70. The van der Waals surface area contributed by atoms with E-state index in [1.165, 1.54) is 25.7 Å². The standard InChI is InChI=1S/C13H25N3O/c1-14-8-3-5-13(17)16(12-6-7-12)10-11-4-2-9-15-11/h11-12,14-15H,2-10H2,1H3. The number of nitrogens with one attached hydrogen (secondary N) is 2. The lowest BCUT2D eigenvalue weighted by Crippen LogP contribution is -2.42. The zero-order valence-electron chi connectivity index (χ0n) is 10.9. The van der Waals surface area contributed by atoms with Gasteiger partial charge in [-0.2, -0.15) is 0 Å². The molecule has 0 aromatic heterocycles. The lowest BCUT2D eigenvalue weighted by molar-refractivity contribution is -0.132. The summed E-state index contributed by atoms with van der Waals surface area (Å²) in [7, 11) is 1.94. The van der Waals surface area contributed by atoms with Gasteiger partial charge in [-0.1, -0.05) is 0 Å². The van der Waals surface area contributed by atoms with Crippen LogP contribution in [0.5, 0.6) is 0 Å². The Kier molecular flexibility index (Phi) is 4.80. The summed E-state index contributed by atoms with van der Waals surface area (Å²) >= 11 is 0. The molecule has 2 rings (SSSR count). The Morgan fingerprint density at radius 2 is 2.24 bits per heavy atom. The van der Waals surface area contributed by atoms with Gasteiger partial charge in [0.05, 0.1) is 0 Å². The average molecular weight is 239 g/mol. The SMILES string of the molecule is CNCCCC(=O)N(CC1CCCN1)C1CC1. The van der Waals surface area contributed by atoms with Crippen LogP contribution < -0.4 is 10.6 Å². The number of hydrogen-bond acceptors (Lipinski definition) is 3. The van der Waals surface area contributed by atoms with E-state index >= 15 is 0 Å². The van der Waals surface area contributed by atoms with E-state index in [4.69, 9.17) is 0 Å². The maximum Gasteiger partial charge on any atom is 0.222 e. The first kappa shape index (κ1) is 12.8. The fourth-order valence-electron chi connectivity index (χ4n) is 2.55. The van der Waals surface area contributed by atoms with Crippen molar-refractivity contribution in [1.82, 2.24) is 15.5 Å². The Bertz CT molecular complexity index is 247. The Morgan fingerprint density at radius 1 is 1.41 bits per heavy atom. The maximum absolute atomic E-state index is 12.2. The van der Waals surface area contributed by atoms with Crippen LogP contribution in [0.25, 0.3) is 0 Å². The summed E-state index contributed by atoms with van der Waals surface area (Å²) in [6, 6.07) is 1.10. The van der Waals surface area contributed by atoms with E-state index in [0.717, 1.165) is 26.1 Å². The normalized spacial score (nSPS) is 23.9. The molecule has 1 heterocycles. The number of carbonyl (C=O) groups excluding carboxylic acids is 1. The third-order valence-corrected chi connectivity index (χ3v) is 3.70. The molecule has 0 radical (unpaired) electrons. The first-order valence-corrected chi connectivity index (χ1v) is 6.98. The smallest absolute Gasteiger partial charge is 0.222 e. The van der Waals surface area contributed by atoms with Crippen molar-refractivity contribution in [3.8, 4) is 0 Å². The zero-order chi connectivity index (χ0) is 12.1. The Morgan fingerprint density at radius 3 is 2.82 bits per heavy atom. The molecule has 4 nitrogen and oxygen atoms in total. The fourth-order valence-corrected chi connectivity index (χ4v) is 2.55. The quantitative estimate of drug-likeness (QED) is 0.644. The predicted molar refractivity (Wildman–Crippen MR) is 68.9 cm³/mol. The molecule has 2 fully saturated rings. The van der Waals surface area contributed by atoms with Crippen LogP contribution in [-0.4, -0.2) is 49.6 Å². The average Bonchev–Trinajstić information content (AvgIpc) is 3.03. The predicted octanol–water partition coefficient (Wildman–Crippen LogP) is 0.729. The van der Waals surface area contributed by atoms with E-state index in [2.05, 4.69) is 15.5 Å². The second-order valence-corrected chi connectivity index (χ2v) is 5.28. The van der Waals surface area contributed by atoms with Crippen molar-refractivity contribution in [3.63, 3.8) is 0 Å². The summed E-state index contributed by atoms with van der Waals surface area (Å²) in [5, 5.41) is 6.58. The topological polar surface area (TPSA) is 44.4 Å². The minimum atomic E-state index is 0.358. The highest BCUT2D eigenvalue weighted by atomic mass is 16.2. The number of hydrogen-bond donors (Lipinski definition) is 2. The van der Waals surface area contributed by atoms with Crippen molar-refractivity contribution >= 4 is 5.91 Å². The van der Waals surface area contributed by atoms with E-state index in [1.807, 2.05) is 7.05 Å². The van der Waals surface area contributed by atoms with Crippen molar-refractivity contribution in [2.24, 2.45) is 0 Å². The monoisotopic (exact) mass is 239 g/mol. The molecule has 0 aromatic carbocycles. The molecule has 1 unspecified atom stereocenters. The van der Waals surface area contributed by atoms with Gasteiger partial charge in [0, 0.05) is 25.0 Å². The van der Waals surface area contributed by atoms with Crippen molar-refractivity contribution in [2.75, 3.05) is 26.7 Å². The van der Waals surface area contributed by atoms with E-state index in [-0.39, 0.29) is 0 Å². The van der Waals surface area contributed by atoms with Crippen molar-refractivity contribution in [2.45, 2.75) is 50.6 Å². The third kappa shape index (κ3) is 3.96. The van der Waals surface area contributed by atoms with E-state index < -0.39 is 0 Å². The molecule has 1 saturated heterocycles. The lowest BCUT2D eigenvalue weighted by Gasteiger charge is -2.26. The van der Waals surface area contributed by atoms with Gasteiger partial charge in [0.15, 0.2) is 0 Å². The van der Waals surface area contributed by atoms with Crippen LogP contribution in [0.15, 0.2) is 0 Å². The summed E-state index contributed by atoms with van der Waals surface area (Å²) in [5.41, 5.74) is 0. The fraction of sp³-hybridized carbons (Fsp3) is 0.923. The van der Waals surface area contributed by atoms with Crippen LogP contribution in [0.3, 0.4) is 0 Å². The molecule has 1 saturated carbocycles. The summed E-state index contributed by atoms with van der Waals surface area (Å²) in [6.07, 6.45) is 6.57. The highest BCUT2D eigenvalue weighted by Crippen LogP contribution is 2.28. The maximum atomic E-state index is 12.2. The van der Waals surface area contributed by atoms with Crippen LogP contribution in [0, 0.1) is 0 Å². The van der Waals surface area contributed by atoms with Crippen LogP contribution in [-0.2, 0) is 4.79 Å². The molecule has 0 aromatic rings. The van der Waals surface area contributed by atoms with E-state index in [0.29, 0.717) is 24.4 Å². The Hall–Kier alpha value is -0.610. The molecule has 1 aliphatic heterocycles. The van der Waals surface area contributed by atoms with Crippen molar-refractivity contribution < 1.29 is 4.79 Å². The van der Waals surface area contributed by atoms with Gasteiger partial charge in [0.25, 0.3) is 0 Å². The van der Waals surface area contributed by atoms with Gasteiger partial charge in [0.2, 0.25) is 5.91 Å². The molecular weight excluding hydrogens is 214 g/mol. The van der Waals surface area contributed by atoms with Gasteiger partial charge < -0.3 is 15.5 Å². The molecule has 1 amide bonds. The van der Waals surface area contributed by atoms with Gasteiger partial charge >= 0.3 is 0 Å². The minimum Gasteiger partial charge on any atom is -0.338 e. The summed E-state index contributed by atoms with van der Waals surface area (Å²) in [4.78, 5) is 14.3. The van der Waals surface area contributed by atoms with Crippen LogP contribution in [0.1, 0.15) is 38.5 Å². The van der Waals surface area contributed by atoms with Crippen LogP contribution >= 0.6 is 0 Å². The van der Waals surface area contributed by atoms with Crippen LogP contribution in [0.4, 0.5) is 0 Å². The van der Waals surface area contributed by atoms with Crippen LogP contribution in [0.2, 0.25) is 0 Å². The van der Waals surface area contributed by atoms with Gasteiger partial charge in [0.1, 0.15) is 0 Å². The highest BCUT2D eigenvalue weighted by molar-refractivity contribution is 5.76. The molecular formula is C13H25N3O. The molecule has 1 atom stereocenters. The van der Waals surface area contributed by atoms with E-state index in [1.54, 1.807) is 0 Å². The molecule has 0 spiro atoms. The van der Waals surface area contributed by atoms with Gasteiger partial charge in [-0.3, -0.25) is 4.79 Å². The molecule has 17 heavy (non-hydrogen) atoms. The molecule has 4 heteroatoms. The number of nitrogens with zero attached hydrogens (tertiary/aromatic N) is 1. The van der Waals surface area contributed by atoms with Crippen molar-refractivity contribution in [1.29, 1.82) is 0 Å². The summed E-state index contributed by atoms with van der Waals surface area (Å²) in [6.45, 7) is 2.99. The summed E-state index contributed by atoms with van der Waals surface area (Å²) in [5.74, 6) is 0.358. The lowest BCUT2D eigenvalue weighted by atomic mass is 10.2. The molecule has 1 aliphatic carbocycles. The molecule has 2 N–H and O–H groups in total. The number of rotatable bonds is 7. The van der Waals surface area contributed by atoms with Crippen molar-refractivity contribution in [3.05, 3.63) is 0 Å². The van der Waals surface area contributed by atoms with E-state index in [9.17, 15) is 4.79 Å². The first-order chi connectivity index (χ1) is 8.31. The highest BCUT2D eigenvalue weighted by Gasteiger charge is 2.33. The summed E-state index contributed by atoms with van der Waals surface area (Å²) < 4.78 is 0.